The summed E-state index contributed by atoms with van der Waals surface area (Å²) in [5.41, 5.74) is 0.682. The topological polar surface area (TPSA) is 71.4 Å². The van der Waals surface area contributed by atoms with Crippen LogP contribution in [0.1, 0.15) is 27.1 Å². The van der Waals surface area contributed by atoms with Crippen molar-refractivity contribution < 1.29 is 19.5 Å². The van der Waals surface area contributed by atoms with Crippen molar-refractivity contribution in [3.63, 3.8) is 0 Å². The lowest BCUT2D eigenvalue weighted by molar-refractivity contribution is -0.137. The van der Waals surface area contributed by atoms with Crippen LogP contribution >= 0.6 is 0 Å². The Morgan fingerprint density at radius 2 is 1.14 bits per heavy atom. The molecule has 106 valence electrons. The van der Waals surface area contributed by atoms with Crippen molar-refractivity contribution >= 4 is 17.5 Å². The van der Waals surface area contributed by atoms with E-state index in [4.69, 9.17) is 5.11 Å². The van der Waals surface area contributed by atoms with E-state index in [2.05, 4.69) is 0 Å². The van der Waals surface area contributed by atoms with Gasteiger partial charge in [-0.3, -0.25) is 14.4 Å². The van der Waals surface area contributed by atoms with Crippen LogP contribution in [0.15, 0.2) is 60.7 Å². The molecule has 0 radical (unpaired) electrons. The predicted molar refractivity (Wildman–Crippen MR) is 77.3 cm³/mol. The molecule has 0 unspecified atom stereocenters. The Morgan fingerprint density at radius 1 is 0.762 bits per heavy atom. The fourth-order valence-corrected chi connectivity index (χ4v) is 2.09. The summed E-state index contributed by atoms with van der Waals surface area (Å²) in [4.78, 5) is 35.8. The van der Waals surface area contributed by atoms with E-state index in [9.17, 15) is 14.4 Å². The maximum atomic E-state index is 12.4. The van der Waals surface area contributed by atoms with Gasteiger partial charge in [0.25, 0.3) is 0 Å². The van der Waals surface area contributed by atoms with Crippen LogP contribution in [0.25, 0.3) is 0 Å². The minimum absolute atomic E-state index is 0.341. The maximum absolute atomic E-state index is 12.4. The first kappa shape index (κ1) is 14.7. The summed E-state index contributed by atoms with van der Waals surface area (Å²) >= 11 is 0. The average Bonchev–Trinajstić information content (AvgIpc) is 2.53. The quantitative estimate of drug-likeness (QED) is 0.653. The van der Waals surface area contributed by atoms with Crippen LogP contribution in [0, 0.1) is 5.92 Å². The van der Waals surface area contributed by atoms with Crippen LogP contribution in [0.3, 0.4) is 0 Å². The standard InChI is InChI=1S/C17H14O4/c18-15(19)11-14(16(20)12-7-3-1-4-8-12)17(21)13-9-5-2-6-10-13/h1-10,14H,11H2,(H,18,19). The molecule has 2 aromatic rings. The van der Waals surface area contributed by atoms with Crippen LogP contribution in [0.4, 0.5) is 0 Å². The third kappa shape index (κ3) is 3.63. The Labute approximate surface area is 122 Å². The smallest absolute Gasteiger partial charge is 0.304 e. The molecule has 0 saturated heterocycles. The molecule has 0 aliphatic carbocycles. The molecule has 0 fully saturated rings. The van der Waals surface area contributed by atoms with Crippen LogP contribution in [-0.4, -0.2) is 22.6 Å². The van der Waals surface area contributed by atoms with Crippen molar-refractivity contribution in [2.24, 2.45) is 5.92 Å². The molecule has 2 aromatic carbocycles. The predicted octanol–water partition coefficient (Wildman–Crippen LogP) is 2.84. The van der Waals surface area contributed by atoms with E-state index >= 15 is 0 Å². The van der Waals surface area contributed by atoms with Crippen molar-refractivity contribution in [1.29, 1.82) is 0 Å². The van der Waals surface area contributed by atoms with Crippen molar-refractivity contribution in [1.82, 2.24) is 0 Å². The number of rotatable bonds is 6. The largest absolute Gasteiger partial charge is 0.481 e. The Bertz CT molecular complexity index is 596. The van der Waals surface area contributed by atoms with Gasteiger partial charge in [0.2, 0.25) is 0 Å². The molecule has 0 amide bonds. The molecule has 4 nitrogen and oxygen atoms in total. The van der Waals surface area contributed by atoms with E-state index in [0.29, 0.717) is 11.1 Å². The van der Waals surface area contributed by atoms with Gasteiger partial charge >= 0.3 is 5.97 Å². The Morgan fingerprint density at radius 3 is 1.48 bits per heavy atom. The average molecular weight is 282 g/mol. The highest BCUT2D eigenvalue weighted by Crippen LogP contribution is 2.18. The number of hydrogen-bond acceptors (Lipinski definition) is 3. The van der Waals surface area contributed by atoms with Gasteiger partial charge in [-0.25, -0.2) is 0 Å². The van der Waals surface area contributed by atoms with Crippen molar-refractivity contribution in [3.8, 4) is 0 Å². The Kier molecular flexibility index (Phi) is 4.61. The zero-order valence-electron chi connectivity index (χ0n) is 11.2. The van der Waals surface area contributed by atoms with Crippen LogP contribution in [0.5, 0.6) is 0 Å². The lowest BCUT2D eigenvalue weighted by Gasteiger charge is -2.13. The minimum atomic E-state index is -1.20. The lowest BCUT2D eigenvalue weighted by atomic mass is 9.87. The number of carboxylic acid groups (broad SMARTS) is 1. The zero-order chi connectivity index (χ0) is 15.2. The van der Waals surface area contributed by atoms with Gasteiger partial charge in [0, 0.05) is 11.1 Å². The first-order valence-electron chi connectivity index (χ1n) is 6.50. The van der Waals surface area contributed by atoms with E-state index < -0.39 is 29.9 Å². The summed E-state index contributed by atoms with van der Waals surface area (Å²) in [6, 6.07) is 16.5. The molecule has 0 atom stereocenters. The number of benzene rings is 2. The third-order valence-corrected chi connectivity index (χ3v) is 3.13. The van der Waals surface area contributed by atoms with Crippen LogP contribution in [0.2, 0.25) is 0 Å². The number of carbonyl (C=O) groups excluding carboxylic acids is 2. The Balaban J connectivity index is 2.33. The molecule has 0 saturated carbocycles. The summed E-state index contributed by atoms with van der Waals surface area (Å²) in [6.45, 7) is 0. The maximum Gasteiger partial charge on any atom is 0.304 e. The number of hydrogen-bond donors (Lipinski definition) is 1. The Hall–Kier alpha value is -2.75. The molecule has 0 aliphatic heterocycles. The summed E-state index contributed by atoms with van der Waals surface area (Å²) < 4.78 is 0. The second kappa shape index (κ2) is 6.61. The lowest BCUT2D eigenvalue weighted by Crippen LogP contribution is -2.27. The first-order chi connectivity index (χ1) is 10.1. The fraction of sp³-hybridized carbons (Fsp3) is 0.118. The van der Waals surface area contributed by atoms with Gasteiger partial charge in [-0.15, -0.1) is 0 Å². The molecule has 4 heteroatoms. The fourth-order valence-electron chi connectivity index (χ4n) is 2.09. The summed E-state index contributed by atoms with van der Waals surface area (Å²) in [5, 5.41) is 8.97. The summed E-state index contributed by atoms with van der Waals surface area (Å²) in [5.74, 6) is -3.31. The highest BCUT2D eigenvalue weighted by Gasteiger charge is 2.30. The molecular formula is C17H14O4. The highest BCUT2D eigenvalue weighted by atomic mass is 16.4. The number of Topliss-reactive ketones (excluding diaryl/α,β-unsaturated/α-hetero) is 2. The van der Waals surface area contributed by atoms with E-state index in [1.807, 2.05) is 0 Å². The second-order valence-electron chi connectivity index (χ2n) is 4.61. The van der Waals surface area contributed by atoms with Gasteiger partial charge in [-0.05, 0) is 0 Å². The summed E-state index contributed by atoms with van der Waals surface area (Å²) in [6.07, 6.45) is -0.512. The first-order valence-corrected chi connectivity index (χ1v) is 6.50. The van der Waals surface area contributed by atoms with Gasteiger partial charge in [0.15, 0.2) is 11.6 Å². The van der Waals surface area contributed by atoms with Gasteiger partial charge in [0.1, 0.15) is 0 Å². The minimum Gasteiger partial charge on any atom is -0.481 e. The van der Waals surface area contributed by atoms with Crippen molar-refractivity contribution in [3.05, 3.63) is 71.8 Å². The van der Waals surface area contributed by atoms with Gasteiger partial charge in [-0.2, -0.15) is 0 Å². The number of carbonyl (C=O) groups is 3. The van der Waals surface area contributed by atoms with E-state index in [-0.39, 0.29) is 0 Å². The normalized spacial score (nSPS) is 10.3. The molecule has 21 heavy (non-hydrogen) atoms. The van der Waals surface area contributed by atoms with Crippen LogP contribution in [-0.2, 0) is 4.79 Å². The van der Waals surface area contributed by atoms with Crippen LogP contribution < -0.4 is 0 Å². The molecule has 2 rings (SSSR count). The molecular weight excluding hydrogens is 268 g/mol. The molecule has 0 aromatic heterocycles. The van der Waals surface area contributed by atoms with Gasteiger partial charge in [0.05, 0.1) is 12.3 Å². The number of carboxylic acids is 1. The van der Waals surface area contributed by atoms with E-state index in [0.717, 1.165) is 0 Å². The second-order valence-corrected chi connectivity index (χ2v) is 4.61. The SMILES string of the molecule is O=C(O)CC(C(=O)c1ccccc1)C(=O)c1ccccc1. The molecule has 0 heterocycles. The molecule has 1 N–H and O–H groups in total. The summed E-state index contributed by atoms with van der Waals surface area (Å²) in [7, 11) is 0. The molecule has 0 aliphatic rings. The zero-order valence-corrected chi connectivity index (χ0v) is 11.2. The van der Waals surface area contributed by atoms with Crippen molar-refractivity contribution in [2.75, 3.05) is 0 Å². The van der Waals surface area contributed by atoms with Gasteiger partial charge < -0.3 is 5.11 Å². The monoisotopic (exact) mass is 282 g/mol. The molecule has 0 spiro atoms. The van der Waals surface area contributed by atoms with E-state index in [1.54, 1.807) is 60.7 Å². The number of aliphatic carboxylic acids is 1. The highest BCUT2D eigenvalue weighted by molar-refractivity contribution is 6.17. The van der Waals surface area contributed by atoms with Gasteiger partial charge in [-0.1, -0.05) is 60.7 Å². The number of ketones is 2. The van der Waals surface area contributed by atoms with Crippen molar-refractivity contribution in [2.45, 2.75) is 6.42 Å². The molecule has 0 bridgehead atoms. The third-order valence-electron chi connectivity index (χ3n) is 3.13. The van der Waals surface area contributed by atoms with E-state index in [1.165, 1.54) is 0 Å².